The Morgan fingerprint density at radius 1 is 1.03 bits per heavy atom. The molecule has 10 nitrogen and oxygen atoms in total. The van der Waals surface area contributed by atoms with Crippen LogP contribution in [0.2, 0.25) is 5.02 Å². The van der Waals surface area contributed by atoms with Crippen molar-refractivity contribution in [2.45, 2.75) is 20.0 Å². The third kappa shape index (κ3) is 7.81. The van der Waals surface area contributed by atoms with Gasteiger partial charge in [-0.25, -0.2) is 5.43 Å². The number of ether oxygens (including phenoxy) is 2. The minimum absolute atomic E-state index is 0.00528. The van der Waals surface area contributed by atoms with Gasteiger partial charge < -0.3 is 14.8 Å². The predicted molar refractivity (Wildman–Crippen MR) is 135 cm³/mol. The second-order valence-electron chi connectivity index (χ2n) is 7.35. The lowest BCUT2D eigenvalue weighted by molar-refractivity contribution is -0.384. The third-order valence-electron chi connectivity index (χ3n) is 4.68. The fourth-order valence-electron chi connectivity index (χ4n) is 2.99. The summed E-state index contributed by atoms with van der Waals surface area (Å²) in [5, 5.41) is 17.6. The Kier molecular flexibility index (Phi) is 9.35. The minimum atomic E-state index is -0.594. The summed E-state index contributed by atoms with van der Waals surface area (Å²) in [6, 6.07) is 17.9. The standard InChI is InChI=1S/C25H23ClN4O6/c1-2-35-23-13-18(9-12-22(23)36-16-17-7-10-19(11-8-17)30(33)34)15-27-29-25(32)14-24(31)28-21-6-4-3-5-20(21)26/h3-13,15H,2,14,16H2,1H3,(H,28,31)(H,29,32). The van der Waals surface area contributed by atoms with Crippen LogP contribution < -0.4 is 20.2 Å². The number of nitro groups is 1. The number of para-hydroxylation sites is 1. The number of carbonyl (C=O) groups is 2. The molecule has 2 amide bonds. The van der Waals surface area contributed by atoms with E-state index in [9.17, 15) is 19.7 Å². The molecule has 186 valence electrons. The maximum atomic E-state index is 12.0. The number of anilines is 1. The molecule has 3 aromatic rings. The second kappa shape index (κ2) is 12.9. The Hall–Kier alpha value is -4.44. The lowest BCUT2D eigenvalue weighted by Crippen LogP contribution is -2.24. The number of amides is 2. The zero-order valence-corrected chi connectivity index (χ0v) is 20.0. The van der Waals surface area contributed by atoms with Crippen LogP contribution in [0.4, 0.5) is 11.4 Å². The van der Waals surface area contributed by atoms with Gasteiger partial charge in [-0.2, -0.15) is 5.10 Å². The van der Waals surface area contributed by atoms with Gasteiger partial charge in [0.1, 0.15) is 13.0 Å². The van der Waals surface area contributed by atoms with Gasteiger partial charge in [0.15, 0.2) is 11.5 Å². The summed E-state index contributed by atoms with van der Waals surface area (Å²) in [7, 11) is 0. The topological polar surface area (TPSA) is 132 Å². The molecule has 36 heavy (non-hydrogen) atoms. The zero-order chi connectivity index (χ0) is 25.9. The van der Waals surface area contributed by atoms with Gasteiger partial charge in [0.05, 0.1) is 28.5 Å². The van der Waals surface area contributed by atoms with Gasteiger partial charge in [0.2, 0.25) is 11.8 Å². The SMILES string of the molecule is CCOc1cc(C=NNC(=O)CC(=O)Nc2ccccc2Cl)ccc1OCc1ccc([N+](=O)[O-])cc1. The third-order valence-corrected chi connectivity index (χ3v) is 5.01. The second-order valence-corrected chi connectivity index (χ2v) is 7.76. The van der Waals surface area contributed by atoms with Crippen molar-refractivity contribution in [2.75, 3.05) is 11.9 Å². The minimum Gasteiger partial charge on any atom is -0.490 e. The first-order valence-corrected chi connectivity index (χ1v) is 11.2. The first-order valence-electron chi connectivity index (χ1n) is 10.8. The number of hydrogen-bond donors (Lipinski definition) is 2. The fraction of sp³-hybridized carbons (Fsp3) is 0.160. The smallest absolute Gasteiger partial charge is 0.269 e. The molecule has 0 saturated carbocycles. The quantitative estimate of drug-likeness (QED) is 0.166. The lowest BCUT2D eigenvalue weighted by atomic mass is 10.2. The number of halogens is 1. The molecule has 0 fully saturated rings. The highest BCUT2D eigenvalue weighted by Gasteiger charge is 2.11. The summed E-state index contributed by atoms with van der Waals surface area (Å²) in [5.74, 6) is -0.172. The van der Waals surface area contributed by atoms with E-state index in [1.54, 1.807) is 54.6 Å². The molecule has 0 atom stereocenters. The Bertz CT molecular complexity index is 1260. The number of hydrazone groups is 1. The van der Waals surface area contributed by atoms with Crippen molar-refractivity contribution in [3.63, 3.8) is 0 Å². The molecule has 11 heteroatoms. The monoisotopic (exact) mass is 510 g/mol. The van der Waals surface area contributed by atoms with E-state index in [-0.39, 0.29) is 12.3 Å². The van der Waals surface area contributed by atoms with Crippen LogP contribution in [0.15, 0.2) is 71.8 Å². The summed E-state index contributed by atoms with van der Waals surface area (Å²) < 4.78 is 11.4. The van der Waals surface area contributed by atoms with Crippen LogP contribution in [-0.4, -0.2) is 29.6 Å². The number of benzene rings is 3. The average Bonchev–Trinajstić information content (AvgIpc) is 2.85. The highest BCUT2D eigenvalue weighted by atomic mass is 35.5. The van der Waals surface area contributed by atoms with Crippen molar-refractivity contribution in [3.8, 4) is 11.5 Å². The first kappa shape index (κ1) is 26.2. The van der Waals surface area contributed by atoms with Crippen molar-refractivity contribution in [1.82, 2.24) is 5.43 Å². The summed E-state index contributed by atoms with van der Waals surface area (Å²) in [6.07, 6.45) is 0.981. The lowest BCUT2D eigenvalue weighted by Gasteiger charge is -2.12. The number of hydrogen-bond acceptors (Lipinski definition) is 7. The van der Waals surface area contributed by atoms with E-state index >= 15 is 0 Å². The Morgan fingerprint density at radius 3 is 2.47 bits per heavy atom. The predicted octanol–water partition coefficient (Wildman–Crippen LogP) is 4.70. The van der Waals surface area contributed by atoms with Crippen LogP contribution >= 0.6 is 11.6 Å². The van der Waals surface area contributed by atoms with Crippen LogP contribution in [0.5, 0.6) is 11.5 Å². The highest BCUT2D eigenvalue weighted by molar-refractivity contribution is 6.33. The number of nitrogens with one attached hydrogen (secondary N) is 2. The molecular weight excluding hydrogens is 488 g/mol. The Balaban J connectivity index is 1.55. The van der Waals surface area contributed by atoms with Crippen molar-refractivity contribution in [1.29, 1.82) is 0 Å². The van der Waals surface area contributed by atoms with E-state index < -0.39 is 23.2 Å². The van der Waals surface area contributed by atoms with Crippen LogP contribution in [0.25, 0.3) is 0 Å². The van der Waals surface area contributed by atoms with E-state index in [4.69, 9.17) is 21.1 Å². The number of rotatable bonds is 11. The van der Waals surface area contributed by atoms with Gasteiger partial charge in [0.25, 0.3) is 5.69 Å². The first-order chi connectivity index (χ1) is 17.4. The number of carbonyl (C=O) groups excluding carboxylic acids is 2. The molecule has 0 spiro atoms. The normalized spacial score (nSPS) is 10.6. The van der Waals surface area contributed by atoms with Crippen molar-refractivity contribution < 1.29 is 24.0 Å². The fourth-order valence-corrected chi connectivity index (χ4v) is 3.17. The van der Waals surface area contributed by atoms with Crippen LogP contribution in [-0.2, 0) is 16.2 Å². The van der Waals surface area contributed by atoms with Crippen LogP contribution in [0, 0.1) is 10.1 Å². The largest absolute Gasteiger partial charge is 0.490 e. The van der Waals surface area contributed by atoms with Gasteiger partial charge in [-0.05, 0) is 60.5 Å². The van der Waals surface area contributed by atoms with E-state index in [0.29, 0.717) is 34.4 Å². The molecule has 0 aliphatic rings. The zero-order valence-electron chi connectivity index (χ0n) is 19.3. The summed E-state index contributed by atoms with van der Waals surface area (Å²) >= 11 is 5.99. The molecule has 0 saturated heterocycles. The molecule has 3 aromatic carbocycles. The van der Waals surface area contributed by atoms with Crippen molar-refractivity contribution in [3.05, 3.63) is 93.0 Å². The number of nitrogens with zero attached hydrogens (tertiary/aromatic N) is 2. The molecule has 0 aliphatic carbocycles. The van der Waals surface area contributed by atoms with Gasteiger partial charge in [0, 0.05) is 12.1 Å². The van der Waals surface area contributed by atoms with Gasteiger partial charge in [-0.15, -0.1) is 0 Å². The summed E-state index contributed by atoms with van der Waals surface area (Å²) in [4.78, 5) is 34.4. The molecule has 0 heterocycles. The Labute approximate surface area is 212 Å². The molecule has 0 aliphatic heterocycles. The summed E-state index contributed by atoms with van der Waals surface area (Å²) in [6.45, 7) is 2.42. The average molecular weight is 511 g/mol. The van der Waals surface area contributed by atoms with Crippen molar-refractivity contribution in [2.24, 2.45) is 5.10 Å². The van der Waals surface area contributed by atoms with E-state index in [2.05, 4.69) is 15.8 Å². The van der Waals surface area contributed by atoms with Crippen LogP contribution in [0.1, 0.15) is 24.5 Å². The van der Waals surface area contributed by atoms with E-state index in [1.165, 1.54) is 18.3 Å². The Morgan fingerprint density at radius 2 is 1.78 bits per heavy atom. The maximum absolute atomic E-state index is 12.0. The van der Waals surface area contributed by atoms with E-state index in [1.807, 2.05) is 6.92 Å². The van der Waals surface area contributed by atoms with E-state index in [0.717, 1.165) is 5.56 Å². The molecule has 0 bridgehead atoms. The molecule has 0 aromatic heterocycles. The maximum Gasteiger partial charge on any atom is 0.269 e. The van der Waals surface area contributed by atoms with Crippen LogP contribution in [0.3, 0.4) is 0 Å². The summed E-state index contributed by atoms with van der Waals surface area (Å²) in [5.41, 5.74) is 4.11. The van der Waals surface area contributed by atoms with Crippen molar-refractivity contribution >= 4 is 41.0 Å². The van der Waals surface area contributed by atoms with Gasteiger partial charge >= 0.3 is 0 Å². The molecule has 2 N–H and O–H groups in total. The molecular formula is C25H23ClN4O6. The number of non-ortho nitro benzene ring substituents is 1. The van der Waals surface area contributed by atoms with Gasteiger partial charge in [-0.1, -0.05) is 23.7 Å². The number of nitro benzene ring substituents is 1. The highest BCUT2D eigenvalue weighted by Crippen LogP contribution is 2.29. The van der Waals surface area contributed by atoms with Gasteiger partial charge in [-0.3, -0.25) is 19.7 Å². The molecule has 0 unspecified atom stereocenters. The molecule has 3 rings (SSSR count). The molecule has 0 radical (unpaired) electrons.